The van der Waals surface area contributed by atoms with Crippen molar-refractivity contribution in [2.45, 2.75) is 25.7 Å². The molecule has 2 aliphatic rings. The van der Waals surface area contributed by atoms with Crippen LogP contribution in [-0.4, -0.2) is 51.1 Å². The van der Waals surface area contributed by atoms with Crippen LogP contribution in [0.15, 0.2) is 24.3 Å². The van der Waals surface area contributed by atoms with Crippen molar-refractivity contribution >= 4 is 17.2 Å². The predicted octanol–water partition coefficient (Wildman–Crippen LogP) is 2.99. The number of nitrogens with zero attached hydrogens (tertiary/aromatic N) is 4. The summed E-state index contributed by atoms with van der Waals surface area (Å²) in [6, 6.07) is 7.43. The van der Waals surface area contributed by atoms with E-state index in [0.29, 0.717) is 23.7 Å². The van der Waals surface area contributed by atoms with E-state index in [1.54, 1.807) is 17.4 Å². The van der Waals surface area contributed by atoms with Crippen molar-refractivity contribution < 1.29 is 14.3 Å². The lowest BCUT2D eigenvalue weighted by Gasteiger charge is -2.31. The Morgan fingerprint density at radius 1 is 1.25 bits per heavy atom. The van der Waals surface area contributed by atoms with Gasteiger partial charge in [0.05, 0.1) is 5.69 Å². The number of carbonyl (C=O) groups is 1. The lowest BCUT2D eigenvalue weighted by molar-refractivity contribution is 0.0701. The van der Waals surface area contributed by atoms with Gasteiger partial charge in [-0.3, -0.25) is 9.89 Å². The molecule has 1 fully saturated rings. The van der Waals surface area contributed by atoms with E-state index in [2.05, 4.69) is 20.4 Å². The molecule has 0 aliphatic carbocycles. The predicted molar refractivity (Wildman–Crippen MR) is 103 cm³/mol. The molecule has 3 aromatic rings. The van der Waals surface area contributed by atoms with Crippen LogP contribution in [-0.2, 0) is 0 Å². The second kappa shape index (κ2) is 6.90. The standard InChI is InChI=1S/C19H19N5O3S/c1-11-20-23-18(28-11)13-3-2-6-24(9-13)19(25)15-8-14(21-22-15)12-4-5-16-17(7-12)27-10-26-16/h4-5,7-8,13H,2-3,6,9-10H2,1H3,(H,21,22)/t13-/m0/s1. The van der Waals surface area contributed by atoms with E-state index >= 15 is 0 Å². The van der Waals surface area contributed by atoms with E-state index in [1.165, 1.54) is 0 Å². The maximum atomic E-state index is 13.0. The van der Waals surface area contributed by atoms with Crippen LogP contribution >= 0.6 is 11.3 Å². The normalized spacial score (nSPS) is 18.5. The van der Waals surface area contributed by atoms with Crippen molar-refractivity contribution in [3.8, 4) is 22.8 Å². The lowest BCUT2D eigenvalue weighted by Crippen LogP contribution is -2.39. The van der Waals surface area contributed by atoms with Gasteiger partial charge in [-0.05, 0) is 44.0 Å². The topological polar surface area (TPSA) is 93.2 Å². The van der Waals surface area contributed by atoms with E-state index in [1.807, 2.05) is 30.0 Å². The van der Waals surface area contributed by atoms with Crippen LogP contribution in [0.1, 0.15) is 39.3 Å². The Morgan fingerprint density at radius 3 is 3.00 bits per heavy atom. The molecule has 28 heavy (non-hydrogen) atoms. The van der Waals surface area contributed by atoms with Crippen molar-refractivity contribution in [2.24, 2.45) is 0 Å². The van der Waals surface area contributed by atoms with Crippen molar-refractivity contribution in [1.82, 2.24) is 25.3 Å². The zero-order chi connectivity index (χ0) is 19.1. The minimum atomic E-state index is -0.0366. The molecule has 1 amide bonds. The van der Waals surface area contributed by atoms with Crippen LogP contribution in [0.5, 0.6) is 11.5 Å². The fourth-order valence-electron chi connectivity index (χ4n) is 3.65. The number of fused-ring (bicyclic) bond motifs is 1. The number of aromatic amines is 1. The summed E-state index contributed by atoms with van der Waals surface area (Å²) < 4.78 is 10.8. The summed E-state index contributed by atoms with van der Waals surface area (Å²) in [6.07, 6.45) is 1.99. The van der Waals surface area contributed by atoms with Crippen molar-refractivity contribution in [1.29, 1.82) is 0 Å². The first-order valence-corrected chi connectivity index (χ1v) is 10.0. The fourth-order valence-corrected chi connectivity index (χ4v) is 4.47. The third-order valence-corrected chi connectivity index (χ3v) is 6.08. The summed E-state index contributed by atoms with van der Waals surface area (Å²) in [7, 11) is 0. The first-order valence-electron chi connectivity index (χ1n) is 9.22. The number of aromatic nitrogens is 4. The number of benzene rings is 1. The second-order valence-electron chi connectivity index (χ2n) is 6.98. The third-order valence-electron chi connectivity index (χ3n) is 5.08. The number of carbonyl (C=O) groups excluding carboxylic acids is 1. The molecule has 0 saturated carbocycles. The van der Waals surface area contributed by atoms with E-state index in [0.717, 1.165) is 40.7 Å². The number of ether oxygens (including phenoxy) is 2. The summed E-state index contributed by atoms with van der Waals surface area (Å²) in [5.41, 5.74) is 2.07. The number of H-pyrrole nitrogens is 1. The van der Waals surface area contributed by atoms with Gasteiger partial charge in [-0.15, -0.1) is 21.5 Å². The van der Waals surface area contributed by atoms with Crippen molar-refractivity contribution in [2.75, 3.05) is 19.9 Å². The maximum Gasteiger partial charge on any atom is 0.271 e. The van der Waals surface area contributed by atoms with Crippen LogP contribution in [0.4, 0.5) is 0 Å². The Labute approximate surface area is 165 Å². The highest BCUT2D eigenvalue weighted by Crippen LogP contribution is 2.35. The fraction of sp³-hybridized carbons (Fsp3) is 0.368. The van der Waals surface area contributed by atoms with Crippen LogP contribution in [0.2, 0.25) is 0 Å². The zero-order valence-corrected chi connectivity index (χ0v) is 16.2. The Morgan fingerprint density at radius 2 is 2.14 bits per heavy atom. The van der Waals surface area contributed by atoms with Gasteiger partial charge >= 0.3 is 0 Å². The first-order chi connectivity index (χ1) is 13.7. The summed E-state index contributed by atoms with van der Waals surface area (Å²) in [6.45, 7) is 3.58. The molecule has 4 heterocycles. The smallest absolute Gasteiger partial charge is 0.271 e. The highest BCUT2D eigenvalue weighted by Gasteiger charge is 2.28. The molecule has 0 spiro atoms. The van der Waals surface area contributed by atoms with Crippen molar-refractivity contribution in [3.05, 3.63) is 40.0 Å². The van der Waals surface area contributed by atoms with Gasteiger partial charge in [0.1, 0.15) is 15.7 Å². The number of rotatable bonds is 3. The maximum absolute atomic E-state index is 13.0. The molecule has 144 valence electrons. The van der Waals surface area contributed by atoms with E-state index in [-0.39, 0.29) is 18.6 Å². The highest BCUT2D eigenvalue weighted by atomic mass is 32.1. The van der Waals surface area contributed by atoms with E-state index in [4.69, 9.17) is 9.47 Å². The highest BCUT2D eigenvalue weighted by molar-refractivity contribution is 7.11. The number of likely N-dealkylation sites (tertiary alicyclic amines) is 1. The van der Waals surface area contributed by atoms with Gasteiger partial charge in [-0.2, -0.15) is 5.10 Å². The van der Waals surface area contributed by atoms with Crippen molar-refractivity contribution in [3.63, 3.8) is 0 Å². The molecular weight excluding hydrogens is 378 g/mol. The number of amides is 1. The van der Waals surface area contributed by atoms with E-state index in [9.17, 15) is 4.79 Å². The molecule has 5 rings (SSSR count). The quantitative estimate of drug-likeness (QED) is 0.730. The molecule has 1 N–H and O–H groups in total. The van der Waals surface area contributed by atoms with Crippen LogP contribution in [0.3, 0.4) is 0 Å². The minimum absolute atomic E-state index is 0.0366. The first kappa shape index (κ1) is 17.2. The molecule has 9 heteroatoms. The molecule has 1 saturated heterocycles. The molecule has 1 atom stereocenters. The van der Waals surface area contributed by atoms with Gasteiger partial charge in [0.15, 0.2) is 11.5 Å². The number of hydrogen-bond donors (Lipinski definition) is 1. The SMILES string of the molecule is Cc1nnc([C@H]2CCCN(C(=O)c3cc(-c4ccc5c(c4)OCO5)n[nH]3)C2)s1. The average molecular weight is 397 g/mol. The Balaban J connectivity index is 1.33. The van der Waals surface area contributed by atoms with Gasteiger partial charge in [-0.25, -0.2) is 0 Å². The molecule has 0 unspecified atom stereocenters. The van der Waals surface area contributed by atoms with Crippen LogP contribution < -0.4 is 9.47 Å². The monoisotopic (exact) mass is 397 g/mol. The molecule has 0 radical (unpaired) electrons. The van der Waals surface area contributed by atoms with E-state index < -0.39 is 0 Å². The Bertz CT molecular complexity index is 1030. The van der Waals surface area contributed by atoms with Gasteiger partial charge in [0.25, 0.3) is 5.91 Å². The second-order valence-corrected chi connectivity index (χ2v) is 8.20. The van der Waals surface area contributed by atoms with Gasteiger partial charge < -0.3 is 14.4 Å². The Kier molecular flexibility index (Phi) is 4.23. The van der Waals surface area contributed by atoms with Gasteiger partial charge in [-0.1, -0.05) is 0 Å². The third kappa shape index (κ3) is 3.11. The number of nitrogens with one attached hydrogen (secondary N) is 1. The average Bonchev–Trinajstić information content (AvgIpc) is 3.47. The molecule has 2 aromatic heterocycles. The molecule has 1 aromatic carbocycles. The number of aryl methyl sites for hydroxylation is 1. The summed E-state index contributed by atoms with van der Waals surface area (Å²) >= 11 is 1.61. The summed E-state index contributed by atoms with van der Waals surface area (Å²) in [5, 5.41) is 17.6. The number of hydrogen-bond acceptors (Lipinski definition) is 7. The Hall–Kier alpha value is -2.94. The van der Waals surface area contributed by atoms with Gasteiger partial charge in [0, 0.05) is 24.6 Å². The molecular formula is C19H19N5O3S. The largest absolute Gasteiger partial charge is 0.454 e. The minimum Gasteiger partial charge on any atom is -0.454 e. The van der Waals surface area contributed by atoms with Crippen LogP contribution in [0.25, 0.3) is 11.3 Å². The van der Waals surface area contributed by atoms with Crippen LogP contribution in [0, 0.1) is 6.92 Å². The van der Waals surface area contributed by atoms with Gasteiger partial charge in [0.2, 0.25) is 6.79 Å². The number of piperidine rings is 1. The molecule has 2 aliphatic heterocycles. The summed E-state index contributed by atoms with van der Waals surface area (Å²) in [5.74, 6) is 1.63. The lowest BCUT2D eigenvalue weighted by atomic mass is 9.98. The summed E-state index contributed by atoms with van der Waals surface area (Å²) in [4.78, 5) is 14.9. The zero-order valence-electron chi connectivity index (χ0n) is 15.3. The molecule has 8 nitrogen and oxygen atoms in total. The molecule has 0 bridgehead atoms.